The van der Waals surface area contributed by atoms with Crippen molar-refractivity contribution in [1.29, 1.82) is 0 Å². The maximum absolute atomic E-state index is 13.6. The molecule has 0 spiro atoms. The van der Waals surface area contributed by atoms with Crippen LogP contribution in [-0.4, -0.2) is 40.1 Å². The Morgan fingerprint density at radius 2 is 1.72 bits per heavy atom. The maximum Gasteiger partial charge on any atom is 0.270 e. The highest BCUT2D eigenvalue weighted by atomic mass is 16.6. The summed E-state index contributed by atoms with van der Waals surface area (Å²) in [5.74, 6) is -1.10. The van der Waals surface area contributed by atoms with Gasteiger partial charge in [0.2, 0.25) is 5.91 Å². The van der Waals surface area contributed by atoms with Crippen molar-refractivity contribution in [2.45, 2.75) is 38.6 Å². The first-order valence-corrected chi connectivity index (χ1v) is 11.8. The molecule has 1 fully saturated rings. The molecule has 0 radical (unpaired) electrons. The fourth-order valence-corrected chi connectivity index (χ4v) is 4.35. The van der Waals surface area contributed by atoms with E-state index in [1.807, 2.05) is 42.5 Å². The molecule has 0 aromatic heterocycles. The van der Waals surface area contributed by atoms with Crippen LogP contribution in [0.4, 0.5) is 11.4 Å². The first-order chi connectivity index (χ1) is 17.3. The number of nitrogens with zero attached hydrogens (tertiary/aromatic N) is 3. The molecule has 0 aliphatic carbocycles. The van der Waals surface area contributed by atoms with E-state index in [9.17, 15) is 24.5 Å². The highest BCUT2D eigenvalue weighted by molar-refractivity contribution is 6.23. The Hall–Kier alpha value is -4.33. The molecule has 1 aliphatic heterocycles. The summed E-state index contributed by atoms with van der Waals surface area (Å²) < 4.78 is 0. The molecule has 36 heavy (non-hydrogen) atoms. The molecule has 1 unspecified atom stereocenters. The van der Waals surface area contributed by atoms with Crippen LogP contribution in [-0.2, 0) is 16.0 Å². The van der Waals surface area contributed by atoms with Gasteiger partial charge in [0.05, 0.1) is 17.0 Å². The van der Waals surface area contributed by atoms with Crippen molar-refractivity contribution in [3.63, 3.8) is 0 Å². The molecular weight excluding hydrogens is 458 g/mol. The summed E-state index contributed by atoms with van der Waals surface area (Å²) in [5.41, 5.74) is 2.39. The summed E-state index contributed by atoms with van der Waals surface area (Å²) >= 11 is 0. The number of imide groups is 1. The van der Waals surface area contributed by atoms with Gasteiger partial charge >= 0.3 is 0 Å². The van der Waals surface area contributed by atoms with Gasteiger partial charge in [-0.15, -0.1) is 0 Å². The summed E-state index contributed by atoms with van der Waals surface area (Å²) in [6.07, 6.45) is 0.308. The van der Waals surface area contributed by atoms with Crippen molar-refractivity contribution in [3.8, 4) is 0 Å². The number of benzene rings is 3. The number of rotatable bonds is 8. The molecule has 1 heterocycles. The number of carbonyl (C=O) groups is 3. The number of hydrogen-bond donors (Lipinski definition) is 0. The average Bonchev–Trinajstić information content (AvgIpc) is 3.18. The standard InChI is InChI=1S/C28H27N3O5/c1-19(2)21-11-13-23(14-12-21)30-26(32)18-25(28(30)34)29(16-15-20-7-4-3-5-8-20)27(33)22-9-6-10-24(17-22)31(35)36/h3-14,17,19,25H,15-16,18H2,1-2H3. The van der Waals surface area contributed by atoms with Gasteiger partial charge in [0.1, 0.15) is 6.04 Å². The molecule has 184 valence electrons. The monoisotopic (exact) mass is 485 g/mol. The summed E-state index contributed by atoms with van der Waals surface area (Å²) in [7, 11) is 0. The minimum absolute atomic E-state index is 0.0947. The van der Waals surface area contributed by atoms with Gasteiger partial charge in [-0.05, 0) is 41.7 Å². The van der Waals surface area contributed by atoms with Crippen molar-refractivity contribution >= 4 is 29.1 Å². The predicted octanol–water partition coefficient (Wildman–Crippen LogP) is 4.74. The molecule has 8 nitrogen and oxygen atoms in total. The van der Waals surface area contributed by atoms with Crippen LogP contribution in [0.2, 0.25) is 0 Å². The highest BCUT2D eigenvalue weighted by Crippen LogP contribution is 2.29. The van der Waals surface area contributed by atoms with Crippen molar-refractivity contribution in [2.24, 2.45) is 0 Å². The van der Waals surface area contributed by atoms with Crippen molar-refractivity contribution in [1.82, 2.24) is 4.90 Å². The number of carbonyl (C=O) groups excluding carboxylic acids is 3. The lowest BCUT2D eigenvalue weighted by Gasteiger charge is -2.28. The first kappa shape index (κ1) is 24.8. The van der Waals surface area contributed by atoms with Crippen molar-refractivity contribution in [2.75, 3.05) is 11.4 Å². The summed E-state index contributed by atoms with van der Waals surface area (Å²) in [4.78, 5) is 53.2. The molecule has 8 heteroatoms. The third kappa shape index (κ3) is 5.17. The number of non-ortho nitro benzene ring substituents is 1. The zero-order chi connectivity index (χ0) is 25.8. The predicted molar refractivity (Wildman–Crippen MR) is 136 cm³/mol. The Bertz CT molecular complexity index is 1290. The molecule has 1 atom stereocenters. The molecule has 3 aromatic rings. The fourth-order valence-electron chi connectivity index (χ4n) is 4.35. The molecule has 0 saturated carbocycles. The lowest BCUT2D eigenvalue weighted by molar-refractivity contribution is -0.384. The summed E-state index contributed by atoms with van der Waals surface area (Å²) in [6, 6.07) is 21.1. The maximum atomic E-state index is 13.6. The minimum Gasteiger partial charge on any atom is -0.326 e. The second kappa shape index (κ2) is 10.5. The van der Waals surface area contributed by atoms with Crippen LogP contribution in [0.15, 0.2) is 78.9 Å². The Morgan fingerprint density at radius 1 is 1.03 bits per heavy atom. The molecule has 1 saturated heterocycles. The van der Waals surface area contributed by atoms with Gasteiger partial charge in [-0.25, -0.2) is 4.90 Å². The zero-order valence-corrected chi connectivity index (χ0v) is 20.2. The largest absolute Gasteiger partial charge is 0.326 e. The highest BCUT2D eigenvalue weighted by Gasteiger charge is 2.44. The smallest absolute Gasteiger partial charge is 0.270 e. The number of nitro benzene ring substituents is 1. The van der Waals surface area contributed by atoms with Crippen LogP contribution in [0.25, 0.3) is 0 Å². The number of nitro groups is 1. The zero-order valence-electron chi connectivity index (χ0n) is 20.2. The Kier molecular flexibility index (Phi) is 7.24. The Labute approximate surface area is 209 Å². The third-order valence-corrected chi connectivity index (χ3v) is 6.37. The lowest BCUT2D eigenvalue weighted by Crippen LogP contribution is -2.46. The lowest BCUT2D eigenvalue weighted by atomic mass is 10.0. The van der Waals surface area contributed by atoms with Crippen molar-refractivity contribution < 1.29 is 19.3 Å². The van der Waals surface area contributed by atoms with Crippen LogP contribution in [0.3, 0.4) is 0 Å². The molecule has 1 aliphatic rings. The minimum atomic E-state index is -1.00. The summed E-state index contributed by atoms with van der Waals surface area (Å²) in [6.45, 7) is 4.29. The van der Waals surface area contributed by atoms with E-state index in [1.54, 1.807) is 12.1 Å². The average molecular weight is 486 g/mol. The molecule has 0 bridgehead atoms. The van der Waals surface area contributed by atoms with Gasteiger partial charge in [0, 0.05) is 24.2 Å². The van der Waals surface area contributed by atoms with E-state index < -0.39 is 22.8 Å². The van der Waals surface area contributed by atoms with Gasteiger partial charge in [0.25, 0.3) is 17.5 Å². The molecule has 4 rings (SSSR count). The van der Waals surface area contributed by atoms with Gasteiger partial charge in [0.15, 0.2) is 0 Å². The van der Waals surface area contributed by atoms with Crippen LogP contribution >= 0.6 is 0 Å². The van der Waals surface area contributed by atoms with E-state index in [0.717, 1.165) is 16.0 Å². The van der Waals surface area contributed by atoms with E-state index in [-0.39, 0.29) is 30.1 Å². The second-order valence-electron chi connectivity index (χ2n) is 9.08. The SMILES string of the molecule is CC(C)c1ccc(N2C(=O)CC(N(CCc3ccccc3)C(=O)c3cccc([N+](=O)[O-])c3)C2=O)cc1. The van der Waals surface area contributed by atoms with Crippen LogP contribution in [0.5, 0.6) is 0 Å². The molecule has 3 amide bonds. The number of amides is 3. The van der Waals surface area contributed by atoms with Gasteiger partial charge in [-0.1, -0.05) is 62.4 Å². The van der Waals surface area contributed by atoms with Crippen molar-refractivity contribution in [3.05, 3.63) is 106 Å². The molecule has 3 aromatic carbocycles. The normalized spacial score (nSPS) is 15.4. The topological polar surface area (TPSA) is 101 Å². The van der Waals surface area contributed by atoms with E-state index in [2.05, 4.69) is 13.8 Å². The van der Waals surface area contributed by atoms with Crippen LogP contribution in [0.1, 0.15) is 47.7 Å². The van der Waals surface area contributed by atoms with E-state index in [4.69, 9.17) is 0 Å². The van der Waals surface area contributed by atoms with Gasteiger partial charge in [-0.3, -0.25) is 24.5 Å². The molecular formula is C28H27N3O5. The van der Waals surface area contributed by atoms with E-state index in [0.29, 0.717) is 18.0 Å². The Morgan fingerprint density at radius 3 is 2.36 bits per heavy atom. The number of hydrogen-bond acceptors (Lipinski definition) is 5. The van der Waals surface area contributed by atoms with E-state index in [1.165, 1.54) is 29.2 Å². The van der Waals surface area contributed by atoms with Crippen LogP contribution < -0.4 is 4.90 Å². The number of anilines is 1. The van der Waals surface area contributed by atoms with Crippen LogP contribution in [0, 0.1) is 10.1 Å². The van der Waals surface area contributed by atoms with E-state index >= 15 is 0 Å². The van der Waals surface area contributed by atoms with Gasteiger partial charge in [-0.2, -0.15) is 0 Å². The third-order valence-electron chi connectivity index (χ3n) is 6.37. The molecule has 0 N–H and O–H groups in total. The fraction of sp³-hybridized carbons (Fsp3) is 0.250. The first-order valence-electron chi connectivity index (χ1n) is 11.8. The Balaban J connectivity index is 1.64. The quantitative estimate of drug-likeness (QED) is 0.261. The van der Waals surface area contributed by atoms with Gasteiger partial charge < -0.3 is 4.90 Å². The second-order valence-corrected chi connectivity index (χ2v) is 9.08. The summed E-state index contributed by atoms with van der Waals surface area (Å²) in [5, 5.41) is 11.2.